The molecule has 0 heterocycles. The molecule has 0 aliphatic heterocycles. The van der Waals surface area contributed by atoms with Gasteiger partial charge in [-0.15, -0.1) is 0 Å². The van der Waals surface area contributed by atoms with Crippen molar-refractivity contribution in [1.29, 1.82) is 5.26 Å². The lowest BCUT2D eigenvalue weighted by Crippen LogP contribution is -2.19. The van der Waals surface area contributed by atoms with Crippen molar-refractivity contribution >= 4 is 52.1 Å². The van der Waals surface area contributed by atoms with Crippen molar-refractivity contribution in [3.05, 3.63) is 95.0 Å². The molecule has 0 fully saturated rings. The van der Waals surface area contributed by atoms with Crippen LogP contribution in [0.1, 0.15) is 64.9 Å². The first kappa shape index (κ1) is 28.3. The highest BCUT2D eigenvalue weighted by Crippen LogP contribution is 2.41. The van der Waals surface area contributed by atoms with Crippen LogP contribution in [0.3, 0.4) is 0 Å². The number of phenols is 1. The summed E-state index contributed by atoms with van der Waals surface area (Å²) in [5.41, 5.74) is 1.10. The molecule has 7 nitrogen and oxygen atoms in total. The molecule has 3 rings (SSSR count). The Hall–Kier alpha value is -3.31. The quantitative estimate of drug-likeness (QED) is 0.242. The number of anilines is 1. The number of amides is 1. The zero-order valence-electron chi connectivity index (χ0n) is 20.7. The molecule has 0 aromatic heterocycles. The zero-order chi connectivity index (χ0) is 27.8. The number of nitriles is 1. The second kappa shape index (κ2) is 10.6. The van der Waals surface area contributed by atoms with E-state index in [2.05, 4.69) is 11.4 Å². The minimum Gasteiger partial charge on any atom is -0.507 e. The molecule has 3 aromatic carbocycles. The first-order valence-corrected chi connectivity index (χ1v) is 12.3. The number of rotatable bonds is 5. The minimum atomic E-state index is -0.793. The van der Waals surface area contributed by atoms with Gasteiger partial charge in [0.25, 0.3) is 11.6 Å². The van der Waals surface area contributed by atoms with E-state index < -0.39 is 22.2 Å². The van der Waals surface area contributed by atoms with Gasteiger partial charge in [-0.1, -0.05) is 67.7 Å². The Morgan fingerprint density at radius 1 is 1.08 bits per heavy atom. The van der Waals surface area contributed by atoms with Crippen molar-refractivity contribution in [3.8, 4) is 11.8 Å². The van der Waals surface area contributed by atoms with Crippen molar-refractivity contribution in [2.24, 2.45) is 0 Å². The second-order valence-corrected chi connectivity index (χ2v) is 10.9. The van der Waals surface area contributed by atoms with Crippen molar-refractivity contribution in [2.45, 2.75) is 46.0 Å². The van der Waals surface area contributed by atoms with E-state index in [4.69, 9.17) is 34.8 Å². The van der Waals surface area contributed by atoms with Gasteiger partial charge in [-0.05, 0) is 54.2 Å². The Bertz CT molecular complexity index is 1470. The summed E-state index contributed by atoms with van der Waals surface area (Å²) in [5.74, 6) is -1.85. The molecule has 2 N–H and O–H groups in total. The van der Waals surface area contributed by atoms with Crippen LogP contribution >= 0.6 is 34.8 Å². The summed E-state index contributed by atoms with van der Waals surface area (Å²) in [5, 5.41) is 36.1. The lowest BCUT2D eigenvalue weighted by atomic mass is 9.83. The van der Waals surface area contributed by atoms with Crippen LogP contribution in [-0.4, -0.2) is 15.9 Å². The monoisotopic (exact) mass is 559 g/mol. The van der Waals surface area contributed by atoms with E-state index in [1.807, 2.05) is 0 Å². The highest BCUT2D eigenvalue weighted by atomic mass is 35.5. The molecule has 192 valence electrons. The van der Waals surface area contributed by atoms with Gasteiger partial charge in [0.05, 0.1) is 22.5 Å². The van der Waals surface area contributed by atoms with E-state index in [9.17, 15) is 25.3 Å². The molecule has 3 aromatic rings. The van der Waals surface area contributed by atoms with Gasteiger partial charge in [0.2, 0.25) is 0 Å². The summed E-state index contributed by atoms with van der Waals surface area (Å²) in [4.78, 5) is 24.4. The number of aryl methyl sites for hydroxylation is 1. The molecule has 0 radical (unpaired) electrons. The molecular weight excluding hydrogens is 537 g/mol. The van der Waals surface area contributed by atoms with Crippen LogP contribution in [0, 0.1) is 35.3 Å². The number of nitrogens with zero attached hydrogens (tertiary/aromatic N) is 2. The maximum Gasteiger partial charge on any atom is 0.273 e. The van der Waals surface area contributed by atoms with Crippen molar-refractivity contribution in [2.75, 3.05) is 5.32 Å². The zero-order valence-corrected chi connectivity index (χ0v) is 23.0. The average molecular weight is 561 g/mol. The summed E-state index contributed by atoms with van der Waals surface area (Å²) in [6, 6.07) is 11.5. The molecule has 0 spiro atoms. The second-order valence-electron chi connectivity index (χ2n) is 9.67. The largest absolute Gasteiger partial charge is 0.507 e. The number of hydrogen-bond donors (Lipinski definition) is 2. The lowest BCUT2D eigenvalue weighted by molar-refractivity contribution is -0.385. The summed E-state index contributed by atoms with van der Waals surface area (Å²) in [7, 11) is 0. The fourth-order valence-corrected chi connectivity index (χ4v) is 4.87. The fourth-order valence-electron chi connectivity index (χ4n) is 4.08. The Morgan fingerprint density at radius 2 is 1.70 bits per heavy atom. The SMILES string of the molecule is Cc1cc(C(C#N)c2ccc(Cl)cc2Cl)c(Cl)cc1NC(=O)c1c(C)c([N+](=O)[O-])cc(C(C)(C)C)c1O. The van der Waals surface area contributed by atoms with Gasteiger partial charge in [0.15, 0.2) is 0 Å². The predicted molar refractivity (Wildman–Crippen MR) is 146 cm³/mol. The summed E-state index contributed by atoms with van der Waals surface area (Å²) in [6.45, 7) is 8.47. The maximum atomic E-state index is 13.3. The molecule has 37 heavy (non-hydrogen) atoms. The molecule has 0 aliphatic carbocycles. The van der Waals surface area contributed by atoms with Gasteiger partial charge in [0.1, 0.15) is 5.75 Å². The predicted octanol–water partition coefficient (Wildman–Crippen LogP) is 8.08. The third-order valence-corrected chi connectivity index (χ3v) is 6.96. The lowest BCUT2D eigenvalue weighted by Gasteiger charge is -2.23. The molecule has 0 bridgehead atoms. The summed E-state index contributed by atoms with van der Waals surface area (Å²) in [6.07, 6.45) is 0. The number of benzene rings is 3. The first-order chi connectivity index (χ1) is 17.2. The van der Waals surface area contributed by atoms with E-state index >= 15 is 0 Å². The Kier molecular flexibility index (Phi) is 8.09. The normalized spacial score (nSPS) is 12.1. The van der Waals surface area contributed by atoms with E-state index in [0.717, 1.165) is 0 Å². The highest BCUT2D eigenvalue weighted by Gasteiger charge is 2.31. The highest BCUT2D eigenvalue weighted by molar-refractivity contribution is 6.35. The van der Waals surface area contributed by atoms with Gasteiger partial charge in [-0.2, -0.15) is 5.26 Å². The first-order valence-electron chi connectivity index (χ1n) is 11.1. The van der Waals surface area contributed by atoms with Crippen LogP contribution in [0.4, 0.5) is 11.4 Å². The number of nitrogens with one attached hydrogen (secondary N) is 1. The Labute approximate surface area is 229 Å². The number of carbonyl (C=O) groups excluding carboxylic acids is 1. The van der Waals surface area contributed by atoms with Gasteiger partial charge in [-0.3, -0.25) is 14.9 Å². The van der Waals surface area contributed by atoms with E-state index in [0.29, 0.717) is 32.4 Å². The molecule has 0 saturated carbocycles. The number of phenolic OH excluding ortho intramolecular Hbond substituents is 1. The van der Waals surface area contributed by atoms with E-state index in [1.165, 1.54) is 25.1 Å². The van der Waals surface area contributed by atoms with Crippen molar-refractivity contribution < 1.29 is 14.8 Å². The van der Waals surface area contributed by atoms with Crippen LogP contribution in [0.5, 0.6) is 5.75 Å². The van der Waals surface area contributed by atoms with Gasteiger partial charge < -0.3 is 10.4 Å². The van der Waals surface area contributed by atoms with Crippen LogP contribution in [-0.2, 0) is 5.41 Å². The number of nitro benzene ring substituents is 1. The molecule has 0 aliphatic rings. The number of aromatic hydroxyl groups is 1. The van der Waals surface area contributed by atoms with Gasteiger partial charge in [0, 0.05) is 37.9 Å². The summed E-state index contributed by atoms with van der Waals surface area (Å²) >= 11 is 18.8. The molecule has 0 saturated heterocycles. The van der Waals surface area contributed by atoms with Crippen LogP contribution in [0.15, 0.2) is 36.4 Å². The average Bonchev–Trinajstić information content (AvgIpc) is 2.77. The van der Waals surface area contributed by atoms with Crippen molar-refractivity contribution in [1.82, 2.24) is 0 Å². The summed E-state index contributed by atoms with van der Waals surface area (Å²) < 4.78 is 0. The molecule has 10 heteroatoms. The van der Waals surface area contributed by atoms with Gasteiger partial charge in [-0.25, -0.2) is 0 Å². The number of halogens is 3. The number of hydrogen-bond acceptors (Lipinski definition) is 5. The number of carbonyl (C=O) groups is 1. The van der Waals surface area contributed by atoms with Crippen LogP contribution in [0.25, 0.3) is 0 Å². The Morgan fingerprint density at radius 3 is 2.24 bits per heavy atom. The Balaban J connectivity index is 2.07. The maximum absolute atomic E-state index is 13.3. The van der Waals surface area contributed by atoms with Crippen LogP contribution < -0.4 is 5.32 Å². The van der Waals surface area contributed by atoms with Crippen molar-refractivity contribution in [3.63, 3.8) is 0 Å². The molecule has 1 unspecified atom stereocenters. The number of nitro groups is 1. The smallest absolute Gasteiger partial charge is 0.273 e. The van der Waals surface area contributed by atoms with Crippen LogP contribution in [0.2, 0.25) is 15.1 Å². The van der Waals surface area contributed by atoms with Gasteiger partial charge >= 0.3 is 0 Å². The van der Waals surface area contributed by atoms with E-state index in [1.54, 1.807) is 45.9 Å². The topological polar surface area (TPSA) is 116 Å². The van der Waals surface area contributed by atoms with E-state index in [-0.39, 0.29) is 33.1 Å². The third kappa shape index (κ3) is 5.67. The minimum absolute atomic E-state index is 0.0373. The molecule has 1 amide bonds. The fraction of sp³-hybridized carbons (Fsp3) is 0.259. The third-order valence-electron chi connectivity index (χ3n) is 6.07. The molecular formula is C27H24Cl3N3O4. The standard InChI is InChI=1S/C27H24Cl3N3O4/c1-13-8-17(18(12-31)16-7-6-15(28)9-20(16)29)21(30)11-22(13)32-26(35)24-14(2)23(33(36)37)10-19(25(24)34)27(3,4)5/h6-11,18,34H,1-5H3,(H,32,35). The molecule has 1 atom stereocenters.